The molecule has 3 N–H and O–H groups in total. The summed E-state index contributed by atoms with van der Waals surface area (Å²) >= 11 is 0. The van der Waals surface area contributed by atoms with Gasteiger partial charge in [0.1, 0.15) is 12.6 Å². The zero-order chi connectivity index (χ0) is 17.4. The number of carbonyl (C=O) groups is 2. The van der Waals surface area contributed by atoms with Crippen LogP contribution in [0.15, 0.2) is 60.7 Å². The largest absolute Gasteiger partial charge is 0.481 e. The highest BCUT2D eigenvalue weighted by Gasteiger charge is 2.25. The Balaban J connectivity index is 1.88. The molecule has 0 saturated carbocycles. The average Bonchev–Trinajstić information content (AvgIpc) is 2.60. The number of benzene rings is 2. The van der Waals surface area contributed by atoms with E-state index in [1.54, 1.807) is 0 Å². The normalized spacial score (nSPS) is 13.0. The van der Waals surface area contributed by atoms with Gasteiger partial charge in [-0.05, 0) is 24.0 Å². The maximum atomic E-state index is 12.0. The van der Waals surface area contributed by atoms with Gasteiger partial charge >= 0.3 is 11.9 Å². The second kappa shape index (κ2) is 8.84. The Morgan fingerprint density at radius 1 is 0.958 bits per heavy atom. The van der Waals surface area contributed by atoms with Gasteiger partial charge in [-0.25, -0.2) is 0 Å². The number of carboxylic acid groups (broad SMARTS) is 1. The lowest BCUT2D eigenvalue weighted by Crippen LogP contribution is -2.36. The maximum Gasteiger partial charge on any atom is 0.323 e. The van der Waals surface area contributed by atoms with Crippen molar-refractivity contribution >= 4 is 11.9 Å². The van der Waals surface area contributed by atoms with Crippen LogP contribution in [0.2, 0.25) is 0 Å². The molecule has 0 fully saturated rings. The number of ether oxygens (including phenoxy) is 1. The van der Waals surface area contributed by atoms with Gasteiger partial charge in [-0.3, -0.25) is 9.59 Å². The minimum absolute atomic E-state index is 0.0395. The minimum atomic E-state index is -0.967. The van der Waals surface area contributed by atoms with E-state index in [1.165, 1.54) is 0 Å². The molecule has 2 aromatic rings. The Labute approximate surface area is 141 Å². The van der Waals surface area contributed by atoms with Gasteiger partial charge in [0.15, 0.2) is 0 Å². The van der Waals surface area contributed by atoms with Gasteiger partial charge in [0.05, 0.1) is 5.92 Å². The Bertz CT molecular complexity index is 658. The molecule has 5 nitrogen and oxygen atoms in total. The molecule has 0 saturated heterocycles. The van der Waals surface area contributed by atoms with Gasteiger partial charge in [0.2, 0.25) is 0 Å². The molecule has 24 heavy (non-hydrogen) atoms. The predicted octanol–water partition coefficient (Wildman–Crippen LogP) is 2.39. The fourth-order valence-corrected chi connectivity index (χ4v) is 2.41. The molecule has 2 atom stereocenters. The number of rotatable bonds is 8. The van der Waals surface area contributed by atoms with Gasteiger partial charge < -0.3 is 15.6 Å². The summed E-state index contributed by atoms with van der Waals surface area (Å²) in [6.45, 7) is 0.129. The molecule has 0 spiro atoms. The summed E-state index contributed by atoms with van der Waals surface area (Å²) in [4.78, 5) is 23.4. The third kappa shape index (κ3) is 5.52. The molecular formula is C19H21NO4. The van der Waals surface area contributed by atoms with Crippen LogP contribution in [0, 0.1) is 5.92 Å². The van der Waals surface area contributed by atoms with Crippen LogP contribution < -0.4 is 5.73 Å². The van der Waals surface area contributed by atoms with Crippen molar-refractivity contribution in [1.29, 1.82) is 0 Å². The SMILES string of the molecule is N[C@@H](CC(Cc1ccccc1)C(=O)O)C(=O)OCc1ccccc1. The number of esters is 1. The van der Waals surface area contributed by atoms with E-state index in [2.05, 4.69) is 0 Å². The Morgan fingerprint density at radius 3 is 2.04 bits per heavy atom. The van der Waals surface area contributed by atoms with Gasteiger partial charge in [0.25, 0.3) is 0 Å². The lowest BCUT2D eigenvalue weighted by Gasteiger charge is -2.17. The lowest BCUT2D eigenvalue weighted by molar-refractivity contribution is -0.148. The summed E-state index contributed by atoms with van der Waals surface area (Å²) < 4.78 is 5.16. The number of carboxylic acids is 1. The first kappa shape index (κ1) is 17.7. The first-order chi connectivity index (χ1) is 11.6. The van der Waals surface area contributed by atoms with Gasteiger partial charge in [0, 0.05) is 0 Å². The molecule has 126 valence electrons. The monoisotopic (exact) mass is 327 g/mol. The third-order valence-electron chi connectivity index (χ3n) is 3.74. The van der Waals surface area contributed by atoms with Crippen molar-refractivity contribution < 1.29 is 19.4 Å². The molecule has 5 heteroatoms. The second-order valence-corrected chi connectivity index (χ2v) is 5.66. The van der Waals surface area contributed by atoms with E-state index >= 15 is 0 Å². The van der Waals surface area contributed by atoms with Gasteiger partial charge in [-0.1, -0.05) is 60.7 Å². The summed E-state index contributed by atoms with van der Waals surface area (Å²) in [7, 11) is 0. The van der Waals surface area contributed by atoms with Crippen molar-refractivity contribution in [3.05, 3.63) is 71.8 Å². The van der Waals surface area contributed by atoms with Crippen LogP contribution >= 0.6 is 0 Å². The van der Waals surface area contributed by atoms with Crippen molar-refractivity contribution in [1.82, 2.24) is 0 Å². The molecular weight excluding hydrogens is 306 g/mol. The van der Waals surface area contributed by atoms with Crippen molar-refractivity contribution in [3.8, 4) is 0 Å². The zero-order valence-corrected chi connectivity index (χ0v) is 13.3. The van der Waals surface area contributed by atoms with Crippen LogP contribution in [0.25, 0.3) is 0 Å². The Hall–Kier alpha value is -2.66. The standard InChI is InChI=1S/C19H21NO4/c20-17(19(23)24-13-15-9-5-2-6-10-15)12-16(18(21)22)11-14-7-3-1-4-8-14/h1-10,16-17H,11-13,20H2,(H,21,22)/t16?,17-/m0/s1. The first-order valence-electron chi connectivity index (χ1n) is 7.79. The molecule has 2 aromatic carbocycles. The van der Waals surface area contributed by atoms with Crippen LogP contribution in [-0.2, 0) is 27.4 Å². The average molecular weight is 327 g/mol. The number of carbonyl (C=O) groups excluding carboxylic acids is 1. The van der Waals surface area contributed by atoms with Crippen LogP contribution in [-0.4, -0.2) is 23.1 Å². The first-order valence-corrected chi connectivity index (χ1v) is 7.79. The smallest absolute Gasteiger partial charge is 0.323 e. The Morgan fingerprint density at radius 2 is 1.50 bits per heavy atom. The molecule has 0 aliphatic carbocycles. The topological polar surface area (TPSA) is 89.6 Å². The molecule has 0 aliphatic heterocycles. The van der Waals surface area contributed by atoms with Gasteiger partial charge in [-0.15, -0.1) is 0 Å². The summed E-state index contributed by atoms with van der Waals surface area (Å²) in [6, 6.07) is 17.6. The molecule has 0 radical (unpaired) electrons. The van der Waals surface area contributed by atoms with E-state index in [-0.39, 0.29) is 13.0 Å². The summed E-state index contributed by atoms with van der Waals surface area (Å²) in [6.07, 6.45) is 0.369. The van der Waals surface area contributed by atoms with E-state index < -0.39 is 23.9 Å². The lowest BCUT2D eigenvalue weighted by atomic mass is 9.93. The second-order valence-electron chi connectivity index (χ2n) is 5.66. The van der Waals surface area contributed by atoms with Crippen molar-refractivity contribution in [2.75, 3.05) is 0 Å². The van der Waals surface area contributed by atoms with Gasteiger partial charge in [-0.2, -0.15) is 0 Å². The van der Waals surface area contributed by atoms with E-state index in [4.69, 9.17) is 10.5 Å². The molecule has 0 heterocycles. The molecule has 1 unspecified atom stereocenters. The molecule has 0 amide bonds. The van der Waals surface area contributed by atoms with Crippen LogP contribution in [0.1, 0.15) is 17.5 Å². The third-order valence-corrected chi connectivity index (χ3v) is 3.74. The van der Waals surface area contributed by atoms with Crippen molar-refractivity contribution in [2.45, 2.75) is 25.5 Å². The highest BCUT2D eigenvalue weighted by Crippen LogP contribution is 2.15. The summed E-state index contributed by atoms with van der Waals surface area (Å²) in [5.74, 6) is -2.28. The number of aliphatic carboxylic acids is 1. The highest BCUT2D eigenvalue weighted by atomic mass is 16.5. The fraction of sp³-hybridized carbons (Fsp3) is 0.263. The summed E-state index contributed by atoms with van der Waals surface area (Å²) in [5.41, 5.74) is 7.59. The molecule has 0 aliphatic rings. The van der Waals surface area contributed by atoms with E-state index in [1.807, 2.05) is 60.7 Å². The van der Waals surface area contributed by atoms with Crippen LogP contribution in [0.3, 0.4) is 0 Å². The minimum Gasteiger partial charge on any atom is -0.481 e. The van der Waals surface area contributed by atoms with Crippen LogP contribution in [0.5, 0.6) is 0 Å². The van der Waals surface area contributed by atoms with Crippen molar-refractivity contribution in [3.63, 3.8) is 0 Å². The van der Waals surface area contributed by atoms with E-state index in [0.29, 0.717) is 6.42 Å². The Kier molecular flexibility index (Phi) is 6.51. The summed E-state index contributed by atoms with van der Waals surface area (Å²) in [5, 5.41) is 9.37. The molecule has 2 rings (SSSR count). The van der Waals surface area contributed by atoms with Crippen LogP contribution in [0.4, 0.5) is 0 Å². The zero-order valence-electron chi connectivity index (χ0n) is 13.3. The maximum absolute atomic E-state index is 12.0. The molecule has 0 bridgehead atoms. The number of hydrogen-bond donors (Lipinski definition) is 2. The molecule has 0 aromatic heterocycles. The van der Waals surface area contributed by atoms with E-state index in [9.17, 15) is 14.7 Å². The quantitative estimate of drug-likeness (QED) is 0.727. The fourth-order valence-electron chi connectivity index (χ4n) is 2.41. The van der Waals surface area contributed by atoms with Crippen molar-refractivity contribution in [2.24, 2.45) is 11.7 Å². The number of nitrogens with two attached hydrogens (primary N) is 1. The highest BCUT2D eigenvalue weighted by molar-refractivity contribution is 5.77. The predicted molar refractivity (Wildman–Crippen MR) is 90.1 cm³/mol. The number of hydrogen-bond acceptors (Lipinski definition) is 4. The van der Waals surface area contributed by atoms with E-state index in [0.717, 1.165) is 11.1 Å².